The van der Waals surface area contributed by atoms with E-state index in [0.717, 1.165) is 10.8 Å². The summed E-state index contributed by atoms with van der Waals surface area (Å²) < 4.78 is 0. The molecule has 0 unspecified atom stereocenters. The molecule has 3 heteroatoms. The second kappa shape index (κ2) is 4.98. The van der Waals surface area contributed by atoms with Crippen molar-refractivity contribution in [3.05, 3.63) is 61.2 Å². The van der Waals surface area contributed by atoms with E-state index in [0.29, 0.717) is 5.75 Å². The van der Waals surface area contributed by atoms with E-state index in [1.807, 2.05) is 30.3 Å². The van der Waals surface area contributed by atoms with Crippen LogP contribution in [0.3, 0.4) is 0 Å². The standard InChI is InChI=1S/C10H8O.C3H4N2/c11-10-6-5-8-3-1-2-4-9(8)7-10;1-2-5-3-4-1/h1-7,11H;1-3H,(H,4,5). The van der Waals surface area contributed by atoms with Crippen molar-refractivity contribution in [1.29, 1.82) is 0 Å². The zero-order chi connectivity index (χ0) is 11.2. The Morgan fingerprint density at radius 3 is 2.44 bits per heavy atom. The summed E-state index contributed by atoms with van der Waals surface area (Å²) in [4.78, 5) is 6.42. The first kappa shape index (κ1) is 10.2. The van der Waals surface area contributed by atoms with E-state index in [9.17, 15) is 0 Å². The molecule has 0 saturated carbocycles. The van der Waals surface area contributed by atoms with Crippen molar-refractivity contribution in [3.8, 4) is 5.75 Å². The van der Waals surface area contributed by atoms with E-state index in [-0.39, 0.29) is 0 Å². The summed E-state index contributed by atoms with van der Waals surface area (Å²) in [5.74, 6) is 0.323. The molecule has 0 atom stereocenters. The molecular formula is C13H12N2O. The summed E-state index contributed by atoms with van der Waals surface area (Å²) in [6, 6.07) is 13.3. The third kappa shape index (κ3) is 2.60. The van der Waals surface area contributed by atoms with Crippen LogP contribution in [0.15, 0.2) is 61.2 Å². The smallest absolute Gasteiger partial charge is 0.116 e. The average Bonchev–Trinajstić information content (AvgIpc) is 2.87. The predicted octanol–water partition coefficient (Wildman–Crippen LogP) is 2.96. The molecule has 2 N–H and O–H groups in total. The molecule has 3 nitrogen and oxygen atoms in total. The molecule has 1 aromatic heterocycles. The maximum atomic E-state index is 9.13. The molecule has 3 rings (SSSR count). The van der Waals surface area contributed by atoms with Gasteiger partial charge in [-0.1, -0.05) is 30.3 Å². The van der Waals surface area contributed by atoms with Crippen LogP contribution >= 0.6 is 0 Å². The molecule has 0 spiro atoms. The highest BCUT2D eigenvalue weighted by Gasteiger charge is 1.91. The van der Waals surface area contributed by atoms with Gasteiger partial charge in [0.05, 0.1) is 6.33 Å². The minimum atomic E-state index is 0.323. The van der Waals surface area contributed by atoms with Gasteiger partial charge in [0.1, 0.15) is 5.75 Å². The van der Waals surface area contributed by atoms with Crippen LogP contribution in [-0.4, -0.2) is 15.1 Å². The minimum Gasteiger partial charge on any atom is -0.508 e. The number of aromatic amines is 1. The molecule has 1 heterocycles. The molecule has 0 amide bonds. The highest BCUT2D eigenvalue weighted by Crippen LogP contribution is 2.18. The van der Waals surface area contributed by atoms with Gasteiger partial charge in [-0.25, -0.2) is 4.98 Å². The van der Waals surface area contributed by atoms with Crippen molar-refractivity contribution in [2.75, 3.05) is 0 Å². The number of phenolic OH excluding ortho intramolecular Hbond substituents is 1. The van der Waals surface area contributed by atoms with Gasteiger partial charge < -0.3 is 10.1 Å². The number of nitrogens with zero attached hydrogens (tertiary/aromatic N) is 1. The fraction of sp³-hybridized carbons (Fsp3) is 0. The van der Waals surface area contributed by atoms with Crippen molar-refractivity contribution in [3.63, 3.8) is 0 Å². The van der Waals surface area contributed by atoms with Crippen molar-refractivity contribution in [2.24, 2.45) is 0 Å². The van der Waals surface area contributed by atoms with Crippen molar-refractivity contribution < 1.29 is 5.11 Å². The topological polar surface area (TPSA) is 48.9 Å². The summed E-state index contributed by atoms with van der Waals surface area (Å²) >= 11 is 0. The van der Waals surface area contributed by atoms with E-state index >= 15 is 0 Å². The summed E-state index contributed by atoms with van der Waals surface area (Å²) in [6.07, 6.45) is 5.08. The Morgan fingerprint density at radius 2 is 1.81 bits per heavy atom. The Bertz CT molecular complexity index is 529. The number of aromatic nitrogens is 2. The number of aromatic hydroxyl groups is 1. The number of H-pyrrole nitrogens is 1. The summed E-state index contributed by atoms with van der Waals surface area (Å²) in [5.41, 5.74) is 0. The number of rotatable bonds is 0. The van der Waals surface area contributed by atoms with Crippen molar-refractivity contribution in [2.45, 2.75) is 0 Å². The number of phenols is 1. The third-order valence-electron chi connectivity index (χ3n) is 2.14. The van der Waals surface area contributed by atoms with E-state index in [1.54, 1.807) is 30.9 Å². The lowest BCUT2D eigenvalue weighted by molar-refractivity contribution is 0.476. The lowest BCUT2D eigenvalue weighted by atomic mass is 10.1. The first-order chi connectivity index (χ1) is 7.86. The average molecular weight is 212 g/mol. The second-order valence-corrected chi connectivity index (χ2v) is 3.29. The van der Waals surface area contributed by atoms with Crippen molar-refractivity contribution >= 4 is 10.8 Å². The Morgan fingerprint density at radius 1 is 1.00 bits per heavy atom. The molecule has 0 aliphatic heterocycles. The summed E-state index contributed by atoms with van der Waals surface area (Å²) in [6.45, 7) is 0. The maximum Gasteiger partial charge on any atom is 0.116 e. The second-order valence-electron chi connectivity index (χ2n) is 3.29. The SMILES string of the molecule is Oc1ccc2ccccc2c1.c1c[nH]cn1. The first-order valence-electron chi connectivity index (χ1n) is 4.97. The van der Waals surface area contributed by atoms with Crippen LogP contribution in [0.25, 0.3) is 10.8 Å². The number of hydrogen-bond acceptors (Lipinski definition) is 2. The highest BCUT2D eigenvalue weighted by atomic mass is 16.3. The lowest BCUT2D eigenvalue weighted by Gasteiger charge is -1.96. The zero-order valence-electron chi connectivity index (χ0n) is 8.67. The maximum absolute atomic E-state index is 9.13. The van der Waals surface area contributed by atoms with Gasteiger partial charge in [0, 0.05) is 12.4 Å². The van der Waals surface area contributed by atoms with Gasteiger partial charge in [0.15, 0.2) is 0 Å². The number of benzene rings is 2. The fourth-order valence-electron chi connectivity index (χ4n) is 1.39. The van der Waals surface area contributed by atoms with Crippen LogP contribution in [0, 0.1) is 0 Å². The largest absolute Gasteiger partial charge is 0.508 e. The van der Waals surface area contributed by atoms with Crippen molar-refractivity contribution in [1.82, 2.24) is 9.97 Å². The van der Waals surface area contributed by atoms with Crippen LogP contribution < -0.4 is 0 Å². The van der Waals surface area contributed by atoms with Crippen LogP contribution in [0.2, 0.25) is 0 Å². The van der Waals surface area contributed by atoms with Crippen LogP contribution in [0.4, 0.5) is 0 Å². The van der Waals surface area contributed by atoms with Gasteiger partial charge in [0.25, 0.3) is 0 Å². The van der Waals surface area contributed by atoms with Gasteiger partial charge in [0.2, 0.25) is 0 Å². The molecule has 2 aromatic carbocycles. The molecule has 0 aliphatic carbocycles. The molecule has 16 heavy (non-hydrogen) atoms. The molecule has 3 aromatic rings. The van der Waals surface area contributed by atoms with Gasteiger partial charge in [-0.05, 0) is 22.9 Å². The van der Waals surface area contributed by atoms with Crippen LogP contribution in [0.5, 0.6) is 5.75 Å². The number of imidazole rings is 1. The number of nitrogens with one attached hydrogen (secondary N) is 1. The van der Waals surface area contributed by atoms with Gasteiger partial charge >= 0.3 is 0 Å². The molecular weight excluding hydrogens is 200 g/mol. The van der Waals surface area contributed by atoms with Crippen LogP contribution in [0.1, 0.15) is 0 Å². The van der Waals surface area contributed by atoms with Crippen LogP contribution in [-0.2, 0) is 0 Å². The Balaban J connectivity index is 0.000000162. The summed E-state index contributed by atoms with van der Waals surface area (Å²) in [5, 5.41) is 11.4. The Kier molecular flexibility index (Phi) is 3.18. The van der Waals surface area contributed by atoms with E-state index in [1.165, 1.54) is 0 Å². The quantitative estimate of drug-likeness (QED) is 0.602. The molecule has 0 fully saturated rings. The molecule has 0 bridgehead atoms. The Labute approximate surface area is 93.4 Å². The number of hydrogen-bond donors (Lipinski definition) is 2. The third-order valence-corrected chi connectivity index (χ3v) is 2.14. The normalized spacial score (nSPS) is 9.50. The molecule has 80 valence electrons. The monoisotopic (exact) mass is 212 g/mol. The Hall–Kier alpha value is -2.29. The van der Waals surface area contributed by atoms with E-state index in [2.05, 4.69) is 9.97 Å². The molecule has 0 saturated heterocycles. The molecule has 0 radical (unpaired) electrons. The number of fused-ring (bicyclic) bond motifs is 1. The highest BCUT2D eigenvalue weighted by molar-refractivity contribution is 5.83. The van der Waals surface area contributed by atoms with Gasteiger partial charge in [-0.3, -0.25) is 0 Å². The van der Waals surface area contributed by atoms with E-state index in [4.69, 9.17) is 5.11 Å². The fourth-order valence-corrected chi connectivity index (χ4v) is 1.39. The minimum absolute atomic E-state index is 0.323. The lowest BCUT2D eigenvalue weighted by Crippen LogP contribution is -1.69. The molecule has 0 aliphatic rings. The van der Waals surface area contributed by atoms with E-state index < -0.39 is 0 Å². The summed E-state index contributed by atoms with van der Waals surface area (Å²) in [7, 11) is 0. The zero-order valence-corrected chi connectivity index (χ0v) is 8.67. The van der Waals surface area contributed by atoms with Gasteiger partial charge in [-0.15, -0.1) is 0 Å². The predicted molar refractivity (Wildman–Crippen MR) is 64.2 cm³/mol. The first-order valence-corrected chi connectivity index (χ1v) is 4.97. The van der Waals surface area contributed by atoms with Gasteiger partial charge in [-0.2, -0.15) is 0 Å².